The molecule has 3 fully saturated rings. The van der Waals surface area contributed by atoms with E-state index in [2.05, 4.69) is 20.3 Å². The number of piperidine rings is 1. The second kappa shape index (κ2) is 7.94. The number of primary amides is 1. The molecular weight excluding hydrogens is 399 g/mol. The summed E-state index contributed by atoms with van der Waals surface area (Å²) < 4.78 is 19.6. The van der Waals surface area contributed by atoms with E-state index in [4.69, 9.17) is 10.5 Å². The van der Waals surface area contributed by atoms with E-state index in [-0.39, 0.29) is 11.5 Å². The van der Waals surface area contributed by atoms with Crippen LogP contribution < -0.4 is 20.7 Å². The molecular formula is C22H27FN6O2. The van der Waals surface area contributed by atoms with Crippen molar-refractivity contribution in [3.8, 4) is 5.88 Å². The SMILES string of the molecule is NC(=O)c1cccnc1OC1CC2(CC(Nc3ccnc(N4CCCC(F)C4)n3)C2)C1. The predicted octanol–water partition coefficient (Wildman–Crippen LogP) is 2.71. The average molecular weight is 426 g/mol. The molecule has 1 atom stereocenters. The summed E-state index contributed by atoms with van der Waals surface area (Å²) in [4.78, 5) is 26.5. The van der Waals surface area contributed by atoms with Crippen LogP contribution >= 0.6 is 0 Å². The Morgan fingerprint density at radius 1 is 1.23 bits per heavy atom. The number of alkyl halides is 1. The summed E-state index contributed by atoms with van der Waals surface area (Å²) in [6.07, 6.45) is 8.03. The van der Waals surface area contributed by atoms with Gasteiger partial charge >= 0.3 is 0 Å². The van der Waals surface area contributed by atoms with Crippen molar-refractivity contribution < 1.29 is 13.9 Å². The normalized spacial score (nSPS) is 29.7. The van der Waals surface area contributed by atoms with Crippen LogP contribution in [-0.4, -0.2) is 52.3 Å². The lowest BCUT2D eigenvalue weighted by Gasteiger charge is -2.57. The number of amides is 1. The molecule has 2 aromatic heterocycles. The zero-order chi connectivity index (χ0) is 21.4. The first-order valence-electron chi connectivity index (χ1n) is 10.9. The Hall–Kier alpha value is -2.97. The molecule has 164 valence electrons. The van der Waals surface area contributed by atoms with Crippen LogP contribution in [-0.2, 0) is 0 Å². The number of hydrogen-bond donors (Lipinski definition) is 2. The Morgan fingerprint density at radius 3 is 2.84 bits per heavy atom. The molecule has 2 aromatic rings. The molecule has 8 nitrogen and oxygen atoms in total. The molecule has 1 unspecified atom stereocenters. The van der Waals surface area contributed by atoms with Gasteiger partial charge in [0.2, 0.25) is 11.8 Å². The number of aromatic nitrogens is 3. The standard InChI is InChI=1S/C22H27FN6O2/c23-14-3-2-8-29(13-14)21-26-7-5-18(28-21)27-15-9-22(10-15)11-16(12-22)31-20-17(19(24)30)4-1-6-25-20/h1,4-7,14-16H,2-3,8-13H2,(H2,24,30)(H,26,27,28). The first-order chi connectivity index (χ1) is 15.0. The van der Waals surface area contributed by atoms with E-state index in [0.29, 0.717) is 36.4 Å². The summed E-state index contributed by atoms with van der Waals surface area (Å²) >= 11 is 0. The fourth-order valence-electron chi connectivity index (χ4n) is 5.14. The number of nitrogens with one attached hydrogen (secondary N) is 1. The molecule has 31 heavy (non-hydrogen) atoms. The lowest BCUT2D eigenvalue weighted by molar-refractivity contribution is -0.0759. The third-order valence-electron chi connectivity index (χ3n) is 6.64. The highest BCUT2D eigenvalue weighted by molar-refractivity contribution is 5.94. The van der Waals surface area contributed by atoms with Crippen LogP contribution in [0.25, 0.3) is 0 Å². The molecule has 3 N–H and O–H groups in total. The number of halogens is 1. The molecule has 3 aliphatic rings. The molecule has 0 bridgehead atoms. The van der Waals surface area contributed by atoms with Crippen molar-refractivity contribution in [1.29, 1.82) is 0 Å². The van der Waals surface area contributed by atoms with Crippen molar-refractivity contribution in [2.45, 2.75) is 56.8 Å². The topological polar surface area (TPSA) is 106 Å². The van der Waals surface area contributed by atoms with Gasteiger partial charge in [-0.15, -0.1) is 0 Å². The van der Waals surface area contributed by atoms with Crippen LogP contribution in [0.5, 0.6) is 5.88 Å². The highest BCUT2D eigenvalue weighted by atomic mass is 19.1. The first-order valence-corrected chi connectivity index (χ1v) is 10.9. The third kappa shape index (κ3) is 4.13. The van der Waals surface area contributed by atoms with E-state index in [1.165, 1.54) is 0 Å². The number of nitrogens with zero attached hydrogens (tertiary/aromatic N) is 4. The summed E-state index contributed by atoms with van der Waals surface area (Å²) in [5, 5.41) is 3.50. The average Bonchev–Trinajstić information content (AvgIpc) is 2.71. The van der Waals surface area contributed by atoms with Gasteiger partial charge < -0.3 is 20.7 Å². The Balaban J connectivity index is 1.12. The maximum absolute atomic E-state index is 13.7. The van der Waals surface area contributed by atoms with Crippen molar-refractivity contribution in [2.24, 2.45) is 11.1 Å². The van der Waals surface area contributed by atoms with E-state index in [0.717, 1.165) is 44.5 Å². The van der Waals surface area contributed by atoms with Gasteiger partial charge in [0, 0.05) is 25.0 Å². The quantitative estimate of drug-likeness (QED) is 0.731. The van der Waals surface area contributed by atoms with Gasteiger partial charge in [-0.1, -0.05) is 0 Å². The number of anilines is 2. The zero-order valence-corrected chi connectivity index (χ0v) is 17.3. The van der Waals surface area contributed by atoms with Crippen LogP contribution in [0, 0.1) is 5.41 Å². The summed E-state index contributed by atoms with van der Waals surface area (Å²) in [6.45, 7) is 1.16. The van der Waals surface area contributed by atoms with Gasteiger partial charge in [-0.3, -0.25) is 4.79 Å². The summed E-state index contributed by atoms with van der Waals surface area (Å²) in [6, 6.07) is 5.53. The highest BCUT2D eigenvalue weighted by Crippen LogP contribution is 2.57. The van der Waals surface area contributed by atoms with Crippen molar-refractivity contribution in [3.05, 3.63) is 36.2 Å². The van der Waals surface area contributed by atoms with E-state index < -0.39 is 12.1 Å². The Labute approximate surface area is 180 Å². The van der Waals surface area contributed by atoms with E-state index in [1.54, 1.807) is 24.5 Å². The molecule has 9 heteroatoms. The zero-order valence-electron chi connectivity index (χ0n) is 17.3. The molecule has 2 saturated carbocycles. The Kier molecular flexibility index (Phi) is 5.11. The molecule has 5 rings (SSSR count). The van der Waals surface area contributed by atoms with Crippen molar-refractivity contribution in [1.82, 2.24) is 15.0 Å². The second-order valence-corrected chi connectivity index (χ2v) is 9.05. The summed E-state index contributed by atoms with van der Waals surface area (Å²) in [7, 11) is 0. The molecule has 1 amide bonds. The third-order valence-corrected chi connectivity index (χ3v) is 6.64. The summed E-state index contributed by atoms with van der Waals surface area (Å²) in [5.41, 5.74) is 6.01. The van der Waals surface area contributed by atoms with Gasteiger partial charge in [-0.25, -0.2) is 14.4 Å². The van der Waals surface area contributed by atoms with E-state index in [1.807, 2.05) is 11.0 Å². The number of pyridine rings is 1. The van der Waals surface area contributed by atoms with Crippen molar-refractivity contribution in [3.63, 3.8) is 0 Å². The second-order valence-electron chi connectivity index (χ2n) is 9.05. The van der Waals surface area contributed by atoms with Gasteiger partial charge in [0.25, 0.3) is 5.91 Å². The van der Waals surface area contributed by atoms with Gasteiger partial charge in [0.1, 0.15) is 23.7 Å². The maximum Gasteiger partial charge on any atom is 0.254 e. The van der Waals surface area contributed by atoms with Crippen molar-refractivity contribution in [2.75, 3.05) is 23.3 Å². The van der Waals surface area contributed by atoms with Crippen LogP contribution in [0.4, 0.5) is 16.2 Å². The molecule has 3 heterocycles. The Bertz CT molecular complexity index is 959. The molecule has 1 spiro atoms. The number of rotatable bonds is 6. The molecule has 2 aliphatic carbocycles. The van der Waals surface area contributed by atoms with Gasteiger partial charge in [0.15, 0.2) is 0 Å². The van der Waals surface area contributed by atoms with E-state index in [9.17, 15) is 9.18 Å². The smallest absolute Gasteiger partial charge is 0.254 e. The minimum Gasteiger partial charge on any atom is -0.474 e. The molecule has 0 radical (unpaired) electrons. The number of hydrogen-bond acceptors (Lipinski definition) is 7. The summed E-state index contributed by atoms with van der Waals surface area (Å²) in [5.74, 6) is 1.18. The van der Waals surface area contributed by atoms with Crippen LogP contribution in [0.1, 0.15) is 48.9 Å². The maximum atomic E-state index is 13.7. The van der Waals surface area contributed by atoms with Gasteiger partial charge in [-0.05, 0) is 62.1 Å². The highest BCUT2D eigenvalue weighted by Gasteiger charge is 2.54. The predicted molar refractivity (Wildman–Crippen MR) is 114 cm³/mol. The fraction of sp³-hybridized carbons (Fsp3) is 0.545. The minimum atomic E-state index is -0.806. The lowest BCUT2D eigenvalue weighted by atomic mass is 9.53. The monoisotopic (exact) mass is 426 g/mol. The largest absolute Gasteiger partial charge is 0.474 e. The number of ether oxygens (including phenoxy) is 1. The van der Waals surface area contributed by atoms with Crippen LogP contribution in [0.3, 0.4) is 0 Å². The number of nitrogens with two attached hydrogens (primary N) is 1. The number of carbonyl (C=O) groups is 1. The minimum absolute atomic E-state index is 0.0624. The van der Waals surface area contributed by atoms with Gasteiger partial charge in [-0.2, -0.15) is 4.98 Å². The lowest BCUT2D eigenvalue weighted by Crippen LogP contribution is -2.56. The number of carbonyl (C=O) groups excluding carboxylic acids is 1. The van der Waals surface area contributed by atoms with E-state index >= 15 is 0 Å². The van der Waals surface area contributed by atoms with Crippen molar-refractivity contribution >= 4 is 17.7 Å². The Morgan fingerprint density at radius 2 is 2.06 bits per heavy atom. The van der Waals surface area contributed by atoms with Gasteiger partial charge in [0.05, 0.1) is 6.54 Å². The first kappa shape index (κ1) is 20.0. The molecule has 1 saturated heterocycles. The van der Waals surface area contributed by atoms with Crippen LogP contribution in [0.15, 0.2) is 30.6 Å². The molecule has 1 aliphatic heterocycles. The molecule has 0 aromatic carbocycles. The van der Waals surface area contributed by atoms with Crippen LogP contribution in [0.2, 0.25) is 0 Å². The fourth-order valence-corrected chi connectivity index (χ4v) is 5.14.